The first-order valence-electron chi connectivity index (χ1n) is 7.50. The van der Waals surface area contributed by atoms with E-state index in [0.717, 1.165) is 0 Å². The monoisotopic (exact) mass is 378 g/mol. The molecule has 4 rings (SSSR count). The van der Waals surface area contributed by atoms with Gasteiger partial charge in [0.25, 0.3) is 10.0 Å². The largest absolute Gasteiger partial charge is 0.486 e. The lowest BCUT2D eigenvalue weighted by Crippen LogP contribution is -2.24. The van der Waals surface area contributed by atoms with Crippen LogP contribution in [-0.2, 0) is 10.0 Å². The maximum atomic E-state index is 12.7. The van der Waals surface area contributed by atoms with Gasteiger partial charge in [-0.3, -0.25) is 4.72 Å². The number of rotatable bonds is 3. The molecule has 0 unspecified atom stereocenters. The van der Waals surface area contributed by atoms with Gasteiger partial charge in [0.05, 0.1) is 16.3 Å². The fraction of sp³-hybridized carbons (Fsp3) is 0.188. The molecular weight excluding hydrogens is 364 g/mol. The smallest absolute Gasteiger partial charge is 0.261 e. The average Bonchev–Trinajstić information content (AvgIpc) is 2.60. The summed E-state index contributed by atoms with van der Waals surface area (Å²) in [5, 5.41) is 2.95. The zero-order valence-corrected chi connectivity index (χ0v) is 14.6. The maximum Gasteiger partial charge on any atom is 0.261 e. The molecule has 2 heterocycles. The normalized spacial score (nSPS) is 15.6. The van der Waals surface area contributed by atoms with Crippen LogP contribution < -0.4 is 24.2 Å². The minimum absolute atomic E-state index is 0.0990. The van der Waals surface area contributed by atoms with Crippen LogP contribution in [0.4, 0.5) is 11.4 Å². The van der Waals surface area contributed by atoms with E-state index in [1.165, 1.54) is 12.1 Å². The second kappa shape index (κ2) is 6.08. The SMILES string of the molecule is O=S(=O)(Nc1ccc2c(c1)OCCO2)c1ccc2c(c1)NC(=S)CO2. The van der Waals surface area contributed by atoms with E-state index in [0.29, 0.717) is 46.8 Å². The van der Waals surface area contributed by atoms with Crippen molar-refractivity contribution in [3.63, 3.8) is 0 Å². The van der Waals surface area contributed by atoms with Crippen LogP contribution in [0.2, 0.25) is 0 Å². The molecule has 2 aromatic rings. The zero-order chi connectivity index (χ0) is 17.4. The highest BCUT2D eigenvalue weighted by Gasteiger charge is 2.21. The van der Waals surface area contributed by atoms with Crippen molar-refractivity contribution in [1.82, 2.24) is 0 Å². The van der Waals surface area contributed by atoms with E-state index in [9.17, 15) is 8.42 Å². The standard InChI is InChI=1S/C16H14N2O5S2/c19-25(20,11-2-4-13-12(8-11)17-16(24)9-23-13)18-10-1-3-14-15(7-10)22-6-5-21-14/h1-4,7-8,18H,5-6,9H2,(H,17,24). The lowest BCUT2D eigenvalue weighted by Gasteiger charge is -2.21. The van der Waals surface area contributed by atoms with Crippen molar-refractivity contribution in [1.29, 1.82) is 0 Å². The topological polar surface area (TPSA) is 85.9 Å². The van der Waals surface area contributed by atoms with Crippen molar-refractivity contribution < 1.29 is 22.6 Å². The summed E-state index contributed by atoms with van der Waals surface area (Å²) in [7, 11) is -3.78. The van der Waals surface area contributed by atoms with Gasteiger partial charge in [-0.25, -0.2) is 8.42 Å². The quantitative estimate of drug-likeness (QED) is 0.793. The molecule has 0 aliphatic carbocycles. The number of benzene rings is 2. The van der Waals surface area contributed by atoms with Crippen molar-refractivity contribution in [3.05, 3.63) is 36.4 Å². The Morgan fingerprint density at radius 1 is 0.960 bits per heavy atom. The second-order valence-corrected chi connectivity index (χ2v) is 7.63. The highest BCUT2D eigenvalue weighted by molar-refractivity contribution is 7.92. The first kappa shape index (κ1) is 16.0. The van der Waals surface area contributed by atoms with Crippen molar-refractivity contribution in [2.24, 2.45) is 0 Å². The molecule has 7 nitrogen and oxygen atoms in total. The van der Waals surface area contributed by atoms with Gasteiger partial charge in [0, 0.05) is 6.07 Å². The van der Waals surface area contributed by atoms with Gasteiger partial charge >= 0.3 is 0 Å². The molecule has 2 N–H and O–H groups in total. The predicted octanol–water partition coefficient (Wildman–Crippen LogP) is 2.39. The average molecular weight is 378 g/mol. The van der Waals surface area contributed by atoms with Crippen molar-refractivity contribution in [3.8, 4) is 17.2 Å². The third kappa shape index (κ3) is 3.20. The predicted molar refractivity (Wildman–Crippen MR) is 96.4 cm³/mol. The van der Waals surface area contributed by atoms with Gasteiger partial charge < -0.3 is 19.5 Å². The lowest BCUT2D eigenvalue weighted by molar-refractivity contribution is 0.171. The summed E-state index contributed by atoms with van der Waals surface area (Å²) >= 11 is 5.05. The molecular formula is C16H14N2O5S2. The Morgan fingerprint density at radius 3 is 2.56 bits per heavy atom. The van der Waals surface area contributed by atoms with Crippen LogP contribution in [0.15, 0.2) is 41.3 Å². The van der Waals surface area contributed by atoms with E-state index in [4.69, 9.17) is 26.4 Å². The number of thiocarbonyl (C=S) groups is 1. The van der Waals surface area contributed by atoms with Crippen LogP contribution in [-0.4, -0.2) is 33.2 Å². The molecule has 0 spiro atoms. The number of hydrogen-bond acceptors (Lipinski definition) is 6. The molecule has 2 aromatic carbocycles. The summed E-state index contributed by atoms with van der Waals surface area (Å²) in [6.07, 6.45) is 0. The molecule has 0 saturated heterocycles. The van der Waals surface area contributed by atoms with Gasteiger partial charge in [-0.15, -0.1) is 0 Å². The second-order valence-electron chi connectivity index (χ2n) is 5.46. The summed E-state index contributed by atoms with van der Waals surface area (Å²) in [4.78, 5) is 0.601. The Morgan fingerprint density at radius 2 is 1.72 bits per heavy atom. The van der Waals surface area contributed by atoms with Gasteiger partial charge in [0.2, 0.25) is 0 Å². The van der Waals surface area contributed by atoms with Crippen LogP contribution in [0.3, 0.4) is 0 Å². The van der Waals surface area contributed by atoms with Crippen LogP contribution in [0.1, 0.15) is 0 Å². The molecule has 2 aliphatic rings. The lowest BCUT2D eigenvalue weighted by atomic mass is 10.2. The van der Waals surface area contributed by atoms with Crippen molar-refractivity contribution >= 4 is 38.6 Å². The van der Waals surface area contributed by atoms with E-state index in [2.05, 4.69) is 10.0 Å². The van der Waals surface area contributed by atoms with E-state index in [-0.39, 0.29) is 11.5 Å². The van der Waals surface area contributed by atoms with Gasteiger partial charge in [0.1, 0.15) is 30.6 Å². The van der Waals surface area contributed by atoms with Crippen LogP contribution in [0.5, 0.6) is 17.2 Å². The summed E-state index contributed by atoms with van der Waals surface area (Å²) in [5.74, 6) is 1.67. The van der Waals surface area contributed by atoms with Gasteiger partial charge in [-0.1, -0.05) is 12.2 Å². The van der Waals surface area contributed by atoms with Crippen molar-refractivity contribution in [2.75, 3.05) is 29.9 Å². The molecule has 0 fully saturated rings. The highest BCUT2D eigenvalue weighted by Crippen LogP contribution is 2.34. The Hall–Kier alpha value is -2.52. The molecule has 0 atom stereocenters. The van der Waals surface area contributed by atoms with Crippen LogP contribution in [0, 0.1) is 0 Å². The molecule has 0 amide bonds. The third-order valence-corrected chi connectivity index (χ3v) is 5.29. The maximum absolute atomic E-state index is 12.7. The third-order valence-electron chi connectivity index (χ3n) is 3.69. The molecule has 2 aliphatic heterocycles. The molecule has 9 heteroatoms. The molecule has 0 aromatic heterocycles. The summed E-state index contributed by atoms with van der Waals surface area (Å²) in [5.41, 5.74) is 0.919. The Kier molecular flexibility index (Phi) is 3.89. The number of hydrogen-bond donors (Lipinski definition) is 2. The number of ether oxygens (including phenoxy) is 3. The summed E-state index contributed by atoms with van der Waals surface area (Å²) < 4.78 is 44.2. The minimum atomic E-state index is -3.78. The van der Waals surface area contributed by atoms with E-state index in [1.54, 1.807) is 24.3 Å². The number of fused-ring (bicyclic) bond motifs is 2. The molecule has 0 radical (unpaired) electrons. The van der Waals surface area contributed by atoms with Gasteiger partial charge in [-0.2, -0.15) is 0 Å². The Balaban J connectivity index is 1.62. The zero-order valence-electron chi connectivity index (χ0n) is 12.9. The summed E-state index contributed by atoms with van der Waals surface area (Å²) in [6.45, 7) is 1.19. The minimum Gasteiger partial charge on any atom is -0.486 e. The van der Waals surface area contributed by atoms with Crippen LogP contribution >= 0.6 is 12.2 Å². The Bertz CT molecular complexity index is 959. The van der Waals surface area contributed by atoms with Gasteiger partial charge in [-0.05, 0) is 30.3 Å². The first-order valence-corrected chi connectivity index (χ1v) is 9.40. The van der Waals surface area contributed by atoms with Crippen LogP contribution in [0.25, 0.3) is 0 Å². The molecule has 0 bridgehead atoms. The van der Waals surface area contributed by atoms with E-state index < -0.39 is 10.0 Å². The number of nitrogens with one attached hydrogen (secondary N) is 2. The number of anilines is 2. The fourth-order valence-electron chi connectivity index (χ4n) is 2.55. The summed E-state index contributed by atoms with van der Waals surface area (Å²) in [6, 6.07) is 9.47. The first-order chi connectivity index (χ1) is 12.0. The number of sulfonamides is 1. The molecule has 130 valence electrons. The highest BCUT2D eigenvalue weighted by atomic mass is 32.2. The molecule has 25 heavy (non-hydrogen) atoms. The molecule has 0 saturated carbocycles. The van der Waals surface area contributed by atoms with E-state index in [1.807, 2.05) is 0 Å². The van der Waals surface area contributed by atoms with E-state index >= 15 is 0 Å². The van der Waals surface area contributed by atoms with Crippen molar-refractivity contribution in [2.45, 2.75) is 4.90 Å². The van der Waals surface area contributed by atoms with Gasteiger partial charge in [0.15, 0.2) is 11.5 Å². The fourth-order valence-corrected chi connectivity index (χ4v) is 3.79. The Labute approximate surface area is 149 Å².